The molecule has 0 saturated carbocycles. The van der Waals surface area contributed by atoms with Gasteiger partial charge in [0.25, 0.3) is 5.91 Å². The van der Waals surface area contributed by atoms with Crippen LogP contribution in [0.1, 0.15) is 0 Å². The van der Waals surface area contributed by atoms with Crippen LogP contribution in [0, 0.1) is 5.82 Å². The zero-order chi connectivity index (χ0) is 16.1. The number of carbonyl (C=O) groups excluding carboxylic acids is 1. The minimum absolute atomic E-state index is 0.00359. The second kappa shape index (κ2) is 7.28. The second-order valence-corrected chi connectivity index (χ2v) is 5.48. The highest BCUT2D eigenvalue weighted by atomic mass is 32.1. The molecule has 0 aliphatic carbocycles. The van der Waals surface area contributed by atoms with Crippen LogP contribution in [0.3, 0.4) is 0 Å². The molecule has 2 rings (SSSR count). The molecular weight excluding hydrogens is 305 g/mol. The molecule has 1 heterocycles. The van der Waals surface area contributed by atoms with Gasteiger partial charge in [0.15, 0.2) is 5.71 Å². The van der Waals surface area contributed by atoms with Gasteiger partial charge < -0.3 is 15.5 Å². The molecule has 1 aromatic carbocycles. The SMILES string of the molecule is CN1CCN(C(=O)C(=NNc2ccc(F)cc2)C(N)=S)CC1. The van der Waals surface area contributed by atoms with Crippen LogP contribution in [0.5, 0.6) is 0 Å². The van der Waals surface area contributed by atoms with Crippen LogP contribution in [0.15, 0.2) is 29.4 Å². The molecule has 1 saturated heterocycles. The molecule has 0 unspecified atom stereocenters. The molecule has 118 valence electrons. The zero-order valence-corrected chi connectivity index (χ0v) is 13.1. The molecule has 1 aromatic rings. The molecule has 1 aliphatic heterocycles. The van der Waals surface area contributed by atoms with E-state index in [1.807, 2.05) is 7.05 Å². The van der Waals surface area contributed by atoms with Crippen LogP contribution < -0.4 is 11.2 Å². The van der Waals surface area contributed by atoms with Crippen LogP contribution in [0.2, 0.25) is 0 Å². The zero-order valence-electron chi connectivity index (χ0n) is 12.3. The summed E-state index contributed by atoms with van der Waals surface area (Å²) in [5.41, 5.74) is 8.83. The van der Waals surface area contributed by atoms with Crippen molar-refractivity contribution in [2.45, 2.75) is 0 Å². The lowest BCUT2D eigenvalue weighted by Crippen LogP contribution is -2.51. The van der Waals surface area contributed by atoms with E-state index < -0.39 is 0 Å². The summed E-state index contributed by atoms with van der Waals surface area (Å²) in [7, 11) is 2.00. The lowest BCUT2D eigenvalue weighted by Gasteiger charge is -2.32. The third-order valence-electron chi connectivity index (χ3n) is 3.37. The minimum atomic E-state index is -0.349. The Balaban J connectivity index is 2.08. The Labute approximate surface area is 133 Å². The Kier molecular flexibility index (Phi) is 5.40. The van der Waals surface area contributed by atoms with Crippen LogP contribution in [0.25, 0.3) is 0 Å². The maximum absolute atomic E-state index is 12.8. The van der Waals surface area contributed by atoms with E-state index in [0.29, 0.717) is 18.8 Å². The normalized spacial score (nSPS) is 16.5. The van der Waals surface area contributed by atoms with Gasteiger partial charge in [-0.3, -0.25) is 10.2 Å². The van der Waals surface area contributed by atoms with Crippen molar-refractivity contribution in [2.75, 3.05) is 38.7 Å². The summed E-state index contributed by atoms with van der Waals surface area (Å²) in [5, 5.41) is 3.99. The van der Waals surface area contributed by atoms with Crippen LogP contribution in [-0.4, -0.2) is 59.6 Å². The molecule has 8 heteroatoms. The van der Waals surface area contributed by atoms with Crippen molar-refractivity contribution in [1.82, 2.24) is 9.80 Å². The molecule has 6 nitrogen and oxygen atoms in total. The minimum Gasteiger partial charge on any atom is -0.388 e. The van der Waals surface area contributed by atoms with Gasteiger partial charge in [-0.15, -0.1) is 0 Å². The smallest absolute Gasteiger partial charge is 0.277 e. The number of hydrazone groups is 1. The lowest BCUT2D eigenvalue weighted by atomic mass is 10.2. The summed E-state index contributed by atoms with van der Waals surface area (Å²) in [4.78, 5) is 16.2. The first-order valence-electron chi connectivity index (χ1n) is 6.84. The van der Waals surface area contributed by atoms with Crippen LogP contribution >= 0.6 is 12.2 Å². The maximum Gasteiger partial charge on any atom is 0.277 e. The summed E-state index contributed by atoms with van der Waals surface area (Å²) in [6.45, 7) is 2.80. The summed E-state index contributed by atoms with van der Waals surface area (Å²) in [5.74, 6) is -0.646. The fourth-order valence-electron chi connectivity index (χ4n) is 2.01. The number of thiocarbonyl (C=S) groups is 1. The van der Waals surface area contributed by atoms with E-state index in [1.54, 1.807) is 4.90 Å². The fourth-order valence-corrected chi connectivity index (χ4v) is 2.15. The first-order chi connectivity index (χ1) is 10.5. The van der Waals surface area contributed by atoms with E-state index in [4.69, 9.17) is 18.0 Å². The molecule has 0 spiro atoms. The summed E-state index contributed by atoms with van der Waals surface area (Å²) >= 11 is 4.91. The number of amides is 1. The van der Waals surface area contributed by atoms with Gasteiger partial charge in [-0.05, 0) is 31.3 Å². The predicted molar refractivity (Wildman–Crippen MR) is 88.3 cm³/mol. The van der Waals surface area contributed by atoms with E-state index in [1.165, 1.54) is 24.3 Å². The molecule has 3 N–H and O–H groups in total. The van der Waals surface area contributed by atoms with Gasteiger partial charge in [0.1, 0.15) is 10.8 Å². The molecule has 1 aliphatic rings. The van der Waals surface area contributed by atoms with Gasteiger partial charge in [-0.1, -0.05) is 12.2 Å². The number of rotatable bonds is 4. The van der Waals surface area contributed by atoms with Gasteiger partial charge in [0.2, 0.25) is 0 Å². The van der Waals surface area contributed by atoms with Crippen molar-refractivity contribution in [3.8, 4) is 0 Å². The standard InChI is InChI=1S/C14H18FN5OS/c1-19-6-8-20(9-7-19)14(21)12(13(16)22)18-17-11-4-2-10(15)3-5-11/h2-5,17H,6-9H2,1H3,(H2,16,22). The molecular formula is C14H18FN5OS. The molecule has 22 heavy (non-hydrogen) atoms. The summed E-state index contributed by atoms with van der Waals surface area (Å²) in [6, 6.07) is 5.61. The average Bonchev–Trinajstić information content (AvgIpc) is 2.49. The lowest BCUT2D eigenvalue weighted by molar-refractivity contribution is -0.125. The number of anilines is 1. The Morgan fingerprint density at radius 3 is 2.41 bits per heavy atom. The maximum atomic E-state index is 12.8. The van der Waals surface area contributed by atoms with E-state index in [2.05, 4.69) is 15.4 Å². The van der Waals surface area contributed by atoms with Crippen molar-refractivity contribution in [3.63, 3.8) is 0 Å². The van der Waals surface area contributed by atoms with Crippen molar-refractivity contribution in [2.24, 2.45) is 10.8 Å². The van der Waals surface area contributed by atoms with Gasteiger partial charge in [0, 0.05) is 26.2 Å². The van der Waals surface area contributed by atoms with Crippen LogP contribution in [-0.2, 0) is 4.79 Å². The van der Waals surface area contributed by atoms with Gasteiger partial charge in [0.05, 0.1) is 5.69 Å². The number of hydrogen-bond donors (Lipinski definition) is 2. The third-order valence-corrected chi connectivity index (χ3v) is 3.56. The number of nitrogens with two attached hydrogens (primary N) is 1. The number of nitrogens with zero attached hydrogens (tertiary/aromatic N) is 3. The first-order valence-corrected chi connectivity index (χ1v) is 7.25. The van der Waals surface area contributed by atoms with E-state index >= 15 is 0 Å². The molecule has 1 amide bonds. The Bertz CT molecular complexity index is 581. The summed E-state index contributed by atoms with van der Waals surface area (Å²) < 4.78 is 12.8. The van der Waals surface area contributed by atoms with E-state index in [0.717, 1.165) is 13.1 Å². The highest BCUT2D eigenvalue weighted by Crippen LogP contribution is 2.08. The van der Waals surface area contributed by atoms with Gasteiger partial charge in [-0.2, -0.15) is 5.10 Å². The number of carbonyl (C=O) groups is 1. The predicted octanol–water partition coefficient (Wildman–Crippen LogP) is 0.654. The van der Waals surface area contributed by atoms with Gasteiger partial charge >= 0.3 is 0 Å². The van der Waals surface area contributed by atoms with E-state index in [-0.39, 0.29) is 22.4 Å². The molecule has 0 bridgehead atoms. The fraction of sp³-hybridized carbons (Fsp3) is 0.357. The van der Waals surface area contributed by atoms with Crippen molar-refractivity contribution < 1.29 is 9.18 Å². The average molecular weight is 323 g/mol. The number of likely N-dealkylation sites (N-methyl/N-ethyl adjacent to an activating group) is 1. The topological polar surface area (TPSA) is 74.0 Å². The largest absolute Gasteiger partial charge is 0.388 e. The first kappa shape index (κ1) is 16.3. The Morgan fingerprint density at radius 1 is 1.27 bits per heavy atom. The third kappa shape index (κ3) is 4.22. The Hall–Kier alpha value is -2.06. The number of nitrogens with one attached hydrogen (secondary N) is 1. The molecule has 0 aromatic heterocycles. The molecule has 1 fully saturated rings. The number of piperazine rings is 1. The quantitative estimate of drug-likeness (QED) is 0.484. The summed E-state index contributed by atoms with van der Waals surface area (Å²) in [6.07, 6.45) is 0. The van der Waals surface area contributed by atoms with Crippen molar-refractivity contribution in [1.29, 1.82) is 0 Å². The Morgan fingerprint density at radius 2 is 1.86 bits per heavy atom. The molecule has 0 atom stereocenters. The number of halogens is 1. The monoisotopic (exact) mass is 323 g/mol. The van der Waals surface area contributed by atoms with Crippen LogP contribution in [0.4, 0.5) is 10.1 Å². The number of hydrogen-bond acceptors (Lipinski definition) is 5. The van der Waals surface area contributed by atoms with Crippen molar-refractivity contribution >= 4 is 34.5 Å². The highest BCUT2D eigenvalue weighted by Gasteiger charge is 2.25. The second-order valence-electron chi connectivity index (χ2n) is 5.04. The van der Waals surface area contributed by atoms with E-state index in [9.17, 15) is 9.18 Å². The van der Waals surface area contributed by atoms with Crippen molar-refractivity contribution in [3.05, 3.63) is 30.1 Å². The highest BCUT2D eigenvalue weighted by molar-refractivity contribution is 7.82. The number of benzene rings is 1. The molecule has 0 radical (unpaired) electrons. The van der Waals surface area contributed by atoms with Gasteiger partial charge in [-0.25, -0.2) is 4.39 Å².